The summed E-state index contributed by atoms with van der Waals surface area (Å²) in [6.45, 7) is 1.85. The van der Waals surface area contributed by atoms with Crippen LogP contribution in [0.5, 0.6) is 0 Å². The molecule has 1 aliphatic rings. The summed E-state index contributed by atoms with van der Waals surface area (Å²) in [5.41, 5.74) is 6.20. The Hall–Kier alpha value is -3.25. The molecule has 1 saturated carbocycles. The van der Waals surface area contributed by atoms with Gasteiger partial charge in [-0.05, 0) is 54.0 Å². The summed E-state index contributed by atoms with van der Waals surface area (Å²) in [7, 11) is 0. The van der Waals surface area contributed by atoms with Crippen LogP contribution in [0.1, 0.15) is 40.1 Å². The van der Waals surface area contributed by atoms with Crippen molar-refractivity contribution >= 4 is 34.6 Å². The lowest BCUT2D eigenvalue weighted by Gasteiger charge is -2.06. The lowest BCUT2D eigenvalue weighted by atomic mass is 10.1. The Kier molecular flexibility index (Phi) is 5.53. The van der Waals surface area contributed by atoms with Crippen molar-refractivity contribution in [1.82, 2.24) is 5.43 Å². The van der Waals surface area contributed by atoms with Crippen molar-refractivity contribution in [3.05, 3.63) is 88.1 Å². The zero-order valence-electron chi connectivity index (χ0n) is 16.0. The third-order valence-corrected chi connectivity index (χ3v) is 5.86. The number of hydrogen-bond donors (Lipinski definition) is 2. The number of rotatable bonds is 6. The lowest BCUT2D eigenvalue weighted by molar-refractivity contribution is -0.122. The van der Waals surface area contributed by atoms with Gasteiger partial charge < -0.3 is 5.32 Å². The Labute approximate surface area is 173 Å². The highest BCUT2D eigenvalue weighted by molar-refractivity contribution is 7.12. The van der Waals surface area contributed by atoms with Gasteiger partial charge in [-0.1, -0.05) is 48.5 Å². The van der Waals surface area contributed by atoms with Crippen molar-refractivity contribution in [3.8, 4) is 0 Å². The van der Waals surface area contributed by atoms with Crippen molar-refractivity contribution in [1.29, 1.82) is 0 Å². The molecule has 2 amide bonds. The first-order valence-electron chi connectivity index (χ1n) is 9.46. The van der Waals surface area contributed by atoms with Crippen LogP contribution in [0.4, 0.5) is 5.69 Å². The molecule has 2 atom stereocenters. The van der Waals surface area contributed by atoms with E-state index in [1.807, 2.05) is 60.8 Å². The molecule has 0 spiro atoms. The van der Waals surface area contributed by atoms with Gasteiger partial charge in [0.2, 0.25) is 5.91 Å². The topological polar surface area (TPSA) is 70.6 Å². The molecule has 4 rings (SSSR count). The van der Waals surface area contributed by atoms with Gasteiger partial charge in [0.25, 0.3) is 5.91 Å². The predicted octanol–water partition coefficient (Wildman–Crippen LogP) is 4.64. The van der Waals surface area contributed by atoms with Crippen LogP contribution in [0.15, 0.2) is 77.2 Å². The normalized spacial score (nSPS) is 18.2. The second-order valence-electron chi connectivity index (χ2n) is 7.04. The maximum absolute atomic E-state index is 12.3. The summed E-state index contributed by atoms with van der Waals surface area (Å²) in [6.07, 6.45) is 0.864. The molecule has 2 aromatic carbocycles. The van der Waals surface area contributed by atoms with Crippen LogP contribution in [0.25, 0.3) is 0 Å². The van der Waals surface area contributed by atoms with Crippen LogP contribution in [-0.2, 0) is 4.79 Å². The Bertz CT molecular complexity index is 1030. The molecule has 2 N–H and O–H groups in total. The molecule has 3 aromatic rings. The molecule has 5 nitrogen and oxygen atoms in total. The maximum atomic E-state index is 12.3. The van der Waals surface area contributed by atoms with Crippen molar-refractivity contribution in [2.75, 3.05) is 5.32 Å². The molecule has 0 saturated heterocycles. The van der Waals surface area contributed by atoms with Gasteiger partial charge >= 0.3 is 0 Å². The van der Waals surface area contributed by atoms with Crippen LogP contribution in [-0.4, -0.2) is 17.5 Å². The molecule has 1 heterocycles. The lowest BCUT2D eigenvalue weighted by Crippen LogP contribution is -2.21. The number of carbonyl (C=O) groups is 2. The van der Waals surface area contributed by atoms with E-state index in [9.17, 15) is 9.59 Å². The van der Waals surface area contributed by atoms with E-state index < -0.39 is 0 Å². The molecule has 1 aliphatic carbocycles. The molecule has 146 valence electrons. The summed E-state index contributed by atoms with van der Waals surface area (Å²) in [5.74, 6) is 0.113. The van der Waals surface area contributed by atoms with E-state index in [0.717, 1.165) is 12.0 Å². The fraction of sp³-hybridized carbons (Fsp3) is 0.174. The van der Waals surface area contributed by atoms with Gasteiger partial charge in [-0.15, -0.1) is 11.3 Å². The number of hydrogen-bond acceptors (Lipinski definition) is 4. The molecule has 1 fully saturated rings. The summed E-state index contributed by atoms with van der Waals surface area (Å²) in [5, 5.41) is 8.98. The van der Waals surface area contributed by atoms with E-state index in [0.29, 0.717) is 16.3 Å². The van der Waals surface area contributed by atoms with Gasteiger partial charge in [0.15, 0.2) is 0 Å². The minimum atomic E-state index is -0.122. The monoisotopic (exact) mass is 403 g/mol. The molecular weight excluding hydrogens is 382 g/mol. The molecule has 1 aromatic heterocycles. The predicted molar refractivity (Wildman–Crippen MR) is 116 cm³/mol. The molecule has 6 heteroatoms. The number of hydrazone groups is 1. The highest BCUT2D eigenvalue weighted by Gasteiger charge is 2.43. The Morgan fingerprint density at radius 3 is 2.45 bits per heavy atom. The van der Waals surface area contributed by atoms with E-state index >= 15 is 0 Å². The highest BCUT2D eigenvalue weighted by atomic mass is 32.1. The fourth-order valence-electron chi connectivity index (χ4n) is 3.24. The Morgan fingerprint density at radius 2 is 1.76 bits per heavy atom. The minimum absolute atomic E-state index is 0.0104. The minimum Gasteiger partial charge on any atom is -0.321 e. The van der Waals surface area contributed by atoms with Crippen molar-refractivity contribution in [2.45, 2.75) is 19.3 Å². The average Bonchev–Trinajstić information content (AvgIpc) is 3.37. The quantitative estimate of drug-likeness (QED) is 0.465. The number of anilines is 1. The van der Waals surface area contributed by atoms with Gasteiger partial charge in [0, 0.05) is 11.6 Å². The fourth-order valence-corrected chi connectivity index (χ4v) is 3.85. The van der Waals surface area contributed by atoms with E-state index in [-0.39, 0.29) is 23.7 Å². The zero-order valence-corrected chi connectivity index (χ0v) is 16.8. The van der Waals surface area contributed by atoms with Crippen molar-refractivity contribution in [3.63, 3.8) is 0 Å². The molecule has 0 radical (unpaired) electrons. The third-order valence-electron chi connectivity index (χ3n) is 4.99. The number of amides is 2. The third kappa shape index (κ3) is 4.60. The van der Waals surface area contributed by atoms with Gasteiger partial charge in [0.1, 0.15) is 0 Å². The summed E-state index contributed by atoms with van der Waals surface area (Å²) < 4.78 is 0. The smallest absolute Gasteiger partial charge is 0.265 e. The SMILES string of the molecule is C/C(=N/NC(=O)[C@@H]1C[C@H]1c1ccccc1)c1ccc(NC(=O)c2cccs2)cc1. The Morgan fingerprint density at radius 1 is 1.00 bits per heavy atom. The second-order valence-corrected chi connectivity index (χ2v) is 7.99. The van der Waals surface area contributed by atoms with Crippen LogP contribution < -0.4 is 10.7 Å². The summed E-state index contributed by atoms with van der Waals surface area (Å²) in [6, 6.07) is 21.1. The van der Waals surface area contributed by atoms with Crippen LogP contribution in [0, 0.1) is 5.92 Å². The highest BCUT2D eigenvalue weighted by Crippen LogP contribution is 2.47. The van der Waals surface area contributed by atoms with Crippen LogP contribution in [0.2, 0.25) is 0 Å². The number of nitrogens with one attached hydrogen (secondary N) is 2. The van der Waals surface area contributed by atoms with Crippen LogP contribution >= 0.6 is 11.3 Å². The summed E-state index contributed by atoms with van der Waals surface area (Å²) in [4.78, 5) is 25.1. The number of benzene rings is 2. The molecule has 29 heavy (non-hydrogen) atoms. The van der Waals surface area contributed by atoms with E-state index in [1.54, 1.807) is 6.07 Å². The van der Waals surface area contributed by atoms with E-state index in [2.05, 4.69) is 28.0 Å². The molecule has 0 unspecified atom stereocenters. The number of nitrogens with zero attached hydrogens (tertiary/aromatic N) is 1. The van der Waals surface area contributed by atoms with Crippen molar-refractivity contribution < 1.29 is 9.59 Å². The first-order chi connectivity index (χ1) is 14.1. The van der Waals surface area contributed by atoms with E-state index in [1.165, 1.54) is 16.9 Å². The first kappa shape index (κ1) is 19.1. The number of carbonyl (C=O) groups excluding carboxylic acids is 2. The van der Waals surface area contributed by atoms with Gasteiger partial charge in [-0.25, -0.2) is 5.43 Å². The summed E-state index contributed by atoms with van der Waals surface area (Å²) >= 11 is 1.40. The largest absolute Gasteiger partial charge is 0.321 e. The standard InChI is InChI=1S/C23H21N3O2S/c1-15(25-26-22(27)20-14-19(20)17-6-3-2-4-7-17)16-9-11-18(12-10-16)24-23(28)21-8-5-13-29-21/h2-13,19-20H,14H2,1H3,(H,24,28)(H,26,27)/b25-15-/t19-,20+/m0/s1. The molecule has 0 bridgehead atoms. The maximum Gasteiger partial charge on any atom is 0.265 e. The zero-order chi connectivity index (χ0) is 20.2. The van der Waals surface area contributed by atoms with Gasteiger partial charge in [-0.2, -0.15) is 5.10 Å². The van der Waals surface area contributed by atoms with E-state index in [4.69, 9.17) is 0 Å². The number of thiophene rings is 1. The van der Waals surface area contributed by atoms with Crippen LogP contribution in [0.3, 0.4) is 0 Å². The molecular formula is C23H21N3O2S. The second kappa shape index (κ2) is 8.41. The Balaban J connectivity index is 1.32. The molecule has 0 aliphatic heterocycles. The van der Waals surface area contributed by atoms with Crippen molar-refractivity contribution in [2.24, 2.45) is 11.0 Å². The van der Waals surface area contributed by atoms with Gasteiger partial charge in [0.05, 0.1) is 10.6 Å². The first-order valence-corrected chi connectivity index (χ1v) is 10.3. The average molecular weight is 404 g/mol. The van der Waals surface area contributed by atoms with Gasteiger partial charge in [-0.3, -0.25) is 9.59 Å².